The molecular formula is C29H48O. The second-order valence-corrected chi connectivity index (χ2v) is 13.8. The summed E-state index contributed by atoms with van der Waals surface area (Å²) in [6.07, 6.45) is 16.5. The van der Waals surface area contributed by atoms with Gasteiger partial charge in [0.25, 0.3) is 0 Å². The van der Waals surface area contributed by atoms with Gasteiger partial charge in [-0.1, -0.05) is 60.8 Å². The number of carbonyl (C=O) groups excluding carboxylic acids is 1. The summed E-state index contributed by atoms with van der Waals surface area (Å²) in [6.45, 7) is 15.1. The van der Waals surface area contributed by atoms with Gasteiger partial charge in [0.2, 0.25) is 0 Å². The van der Waals surface area contributed by atoms with E-state index in [-0.39, 0.29) is 0 Å². The number of ketones is 1. The van der Waals surface area contributed by atoms with Crippen molar-refractivity contribution in [1.82, 2.24) is 0 Å². The van der Waals surface area contributed by atoms with E-state index in [1.807, 2.05) is 0 Å². The molecule has 0 aromatic carbocycles. The van der Waals surface area contributed by atoms with Crippen LogP contribution in [0.5, 0.6) is 0 Å². The molecule has 0 saturated heterocycles. The van der Waals surface area contributed by atoms with Crippen molar-refractivity contribution in [2.24, 2.45) is 57.2 Å². The van der Waals surface area contributed by atoms with Gasteiger partial charge in [-0.25, -0.2) is 0 Å². The van der Waals surface area contributed by atoms with Crippen LogP contribution in [0.2, 0.25) is 0 Å². The molecule has 0 aromatic rings. The lowest BCUT2D eigenvalue weighted by Crippen LogP contribution is -2.55. The monoisotopic (exact) mass is 412 g/mol. The summed E-state index contributed by atoms with van der Waals surface area (Å²) in [7, 11) is 0. The van der Waals surface area contributed by atoms with E-state index in [0.29, 0.717) is 33.4 Å². The van der Waals surface area contributed by atoms with Crippen LogP contribution in [0.15, 0.2) is 0 Å². The molecule has 0 unspecified atom stereocenters. The van der Waals surface area contributed by atoms with Gasteiger partial charge in [-0.2, -0.15) is 0 Å². The highest BCUT2D eigenvalue weighted by molar-refractivity contribution is 5.82. The highest BCUT2D eigenvalue weighted by Gasteiger charge is 2.81. The van der Waals surface area contributed by atoms with Gasteiger partial charge in [-0.05, 0) is 103 Å². The van der Waals surface area contributed by atoms with Crippen molar-refractivity contribution in [3.8, 4) is 0 Å². The van der Waals surface area contributed by atoms with E-state index in [1.165, 1.54) is 70.6 Å². The smallest absolute Gasteiger partial charge is 0.136 e. The molecule has 0 N–H and O–H groups in total. The fraction of sp³-hybridized carbons (Fsp3) is 0.966. The molecule has 5 rings (SSSR count). The summed E-state index contributed by atoms with van der Waals surface area (Å²) in [5.41, 5.74) is 2.28. The summed E-state index contributed by atoms with van der Waals surface area (Å²) >= 11 is 0. The van der Waals surface area contributed by atoms with Gasteiger partial charge in [-0.3, -0.25) is 4.79 Å². The van der Waals surface area contributed by atoms with Crippen molar-refractivity contribution >= 4 is 5.78 Å². The molecule has 1 heteroatoms. The largest absolute Gasteiger partial charge is 0.299 e. The number of carbonyl (C=O) groups is 1. The van der Waals surface area contributed by atoms with E-state index < -0.39 is 0 Å². The van der Waals surface area contributed by atoms with E-state index in [0.717, 1.165) is 36.0 Å². The first-order chi connectivity index (χ1) is 14.1. The van der Waals surface area contributed by atoms with Crippen LogP contribution in [0.4, 0.5) is 0 Å². The van der Waals surface area contributed by atoms with E-state index in [9.17, 15) is 4.79 Å². The lowest BCUT2D eigenvalue weighted by atomic mass is 9.43. The van der Waals surface area contributed by atoms with Gasteiger partial charge in [-0.15, -0.1) is 0 Å². The third-order valence-electron chi connectivity index (χ3n) is 12.7. The minimum absolute atomic E-state index is 0.345. The Labute approximate surface area is 186 Å². The first-order valence-corrected chi connectivity index (χ1v) is 13.6. The zero-order valence-corrected chi connectivity index (χ0v) is 20.9. The number of rotatable bonds is 5. The Kier molecular flexibility index (Phi) is 4.90. The van der Waals surface area contributed by atoms with Crippen LogP contribution in [0.25, 0.3) is 0 Å². The molecule has 2 spiro atoms. The van der Waals surface area contributed by atoms with E-state index in [4.69, 9.17) is 0 Å². The molecular weight excluding hydrogens is 364 g/mol. The molecule has 0 radical (unpaired) electrons. The topological polar surface area (TPSA) is 17.1 Å². The zero-order chi connectivity index (χ0) is 21.5. The van der Waals surface area contributed by atoms with E-state index in [2.05, 4.69) is 41.5 Å². The van der Waals surface area contributed by atoms with Crippen LogP contribution in [-0.4, -0.2) is 5.78 Å². The molecule has 9 atom stereocenters. The normalized spacial score (nSPS) is 53.0. The summed E-state index contributed by atoms with van der Waals surface area (Å²) in [5.74, 6) is 5.25. The number of fused-ring (bicyclic) bond motifs is 2. The molecule has 0 amide bonds. The standard InChI is InChI=1S/C29H48O/c1-19(2)8-7-9-20(3)22-12-14-27(6)25-11-10-23-21(4)24(30)13-15-28(23)18-29(25,28)17-16-26(22,27)5/h19-23,25H,7-18H2,1-6H3/t20-,21-,22-,23+,25+,26-,27+,28-,29+/m1/s1. The van der Waals surface area contributed by atoms with Crippen molar-refractivity contribution in [3.05, 3.63) is 0 Å². The molecule has 5 aliphatic carbocycles. The summed E-state index contributed by atoms with van der Waals surface area (Å²) < 4.78 is 0. The minimum Gasteiger partial charge on any atom is -0.299 e. The van der Waals surface area contributed by atoms with Crippen LogP contribution in [-0.2, 0) is 4.79 Å². The van der Waals surface area contributed by atoms with E-state index in [1.54, 1.807) is 0 Å². The lowest BCUT2D eigenvalue weighted by Gasteiger charge is -2.61. The molecule has 5 aliphatic rings. The predicted molar refractivity (Wildman–Crippen MR) is 125 cm³/mol. The average Bonchev–Trinajstić information content (AvgIpc) is 3.27. The Balaban J connectivity index is 1.38. The second kappa shape index (κ2) is 6.84. The van der Waals surface area contributed by atoms with Crippen molar-refractivity contribution in [2.75, 3.05) is 0 Å². The average molecular weight is 413 g/mol. The van der Waals surface area contributed by atoms with Gasteiger partial charge in [0.1, 0.15) is 5.78 Å². The molecule has 1 nitrogen and oxygen atoms in total. The maximum absolute atomic E-state index is 12.5. The lowest BCUT2D eigenvalue weighted by molar-refractivity contribution is -0.146. The Morgan fingerprint density at radius 2 is 1.67 bits per heavy atom. The number of hydrogen-bond acceptors (Lipinski definition) is 1. The Morgan fingerprint density at radius 1 is 0.900 bits per heavy atom. The summed E-state index contributed by atoms with van der Waals surface area (Å²) in [5, 5.41) is 0. The van der Waals surface area contributed by atoms with Crippen molar-refractivity contribution in [2.45, 2.75) is 119 Å². The Morgan fingerprint density at radius 3 is 2.40 bits per heavy atom. The summed E-state index contributed by atoms with van der Waals surface area (Å²) in [4.78, 5) is 12.5. The summed E-state index contributed by atoms with van der Waals surface area (Å²) in [6, 6.07) is 0. The van der Waals surface area contributed by atoms with Crippen LogP contribution < -0.4 is 0 Å². The van der Waals surface area contributed by atoms with Crippen LogP contribution in [0, 0.1) is 57.2 Å². The Hall–Kier alpha value is -0.330. The third-order valence-corrected chi connectivity index (χ3v) is 12.7. The SMILES string of the molecule is CC(C)CCC[C@@H](C)[C@H]1CC[C@@]2(C)[C@@H]3CC[C@H]4[C@@H](C)C(=O)CC[C@@]45C[C@@]35CC[C@]12C. The second-order valence-electron chi connectivity index (χ2n) is 13.8. The minimum atomic E-state index is 0.345. The van der Waals surface area contributed by atoms with Gasteiger partial charge in [0, 0.05) is 12.3 Å². The Bertz CT molecular complexity index is 709. The molecule has 5 fully saturated rings. The van der Waals surface area contributed by atoms with Crippen LogP contribution in [0.3, 0.4) is 0 Å². The predicted octanol–water partition coefficient (Wildman–Crippen LogP) is 8.07. The zero-order valence-electron chi connectivity index (χ0n) is 20.9. The first-order valence-electron chi connectivity index (χ1n) is 13.6. The van der Waals surface area contributed by atoms with Gasteiger partial charge < -0.3 is 0 Å². The first kappa shape index (κ1) is 21.5. The molecule has 0 aliphatic heterocycles. The highest BCUT2D eigenvalue weighted by atomic mass is 16.1. The van der Waals surface area contributed by atoms with Gasteiger partial charge >= 0.3 is 0 Å². The van der Waals surface area contributed by atoms with Crippen molar-refractivity contribution < 1.29 is 4.79 Å². The maximum atomic E-state index is 12.5. The molecule has 0 bridgehead atoms. The molecule has 170 valence electrons. The number of hydrogen-bond donors (Lipinski definition) is 0. The van der Waals surface area contributed by atoms with Crippen LogP contribution in [0.1, 0.15) is 119 Å². The molecule has 0 heterocycles. The van der Waals surface area contributed by atoms with Gasteiger partial charge in [0.15, 0.2) is 0 Å². The molecule has 5 saturated carbocycles. The number of Topliss-reactive ketones (excluding diaryl/α,β-unsaturated/α-hetero) is 1. The van der Waals surface area contributed by atoms with Crippen molar-refractivity contribution in [1.29, 1.82) is 0 Å². The quantitative estimate of drug-likeness (QED) is 0.446. The molecule has 0 aromatic heterocycles. The van der Waals surface area contributed by atoms with Crippen molar-refractivity contribution in [3.63, 3.8) is 0 Å². The fourth-order valence-corrected chi connectivity index (χ4v) is 10.8. The van der Waals surface area contributed by atoms with E-state index >= 15 is 0 Å². The maximum Gasteiger partial charge on any atom is 0.136 e. The molecule has 30 heavy (non-hydrogen) atoms. The third kappa shape index (κ3) is 2.56. The highest BCUT2D eigenvalue weighted by Crippen LogP contribution is 2.88. The van der Waals surface area contributed by atoms with Gasteiger partial charge in [0.05, 0.1) is 0 Å². The van der Waals surface area contributed by atoms with Crippen LogP contribution >= 0.6 is 0 Å². The fourth-order valence-electron chi connectivity index (χ4n) is 10.8.